The Morgan fingerprint density at radius 1 is 0.914 bits per heavy atom. The van der Waals surface area contributed by atoms with Crippen molar-refractivity contribution in [1.29, 1.82) is 0 Å². The Morgan fingerprint density at radius 2 is 1.60 bits per heavy atom. The van der Waals surface area contributed by atoms with E-state index < -0.39 is 0 Å². The lowest BCUT2D eigenvalue weighted by molar-refractivity contribution is 0.101. The first kappa shape index (κ1) is 27.2. The molecule has 2 amide bonds. The number of ketones is 1. The van der Waals surface area contributed by atoms with Crippen LogP contribution in [0.4, 0.5) is 14.9 Å². The summed E-state index contributed by atoms with van der Waals surface area (Å²) in [7, 11) is 0. The molecule has 2 atom stereocenters. The van der Waals surface area contributed by atoms with E-state index in [0.717, 1.165) is 38.5 Å². The standard InChI is InChI=1S/C28H36FN3O2.ClH/c1-19(33)22-5-4-6-25(18-22)31-28(34)32-27-8-3-2-7-26(27)30-24-15-11-21(12-16-24)17-20-9-13-23(29)14-10-20;/h4-6,9-10,13-14,18,21,24,26-27,30H,2-3,7-8,11-12,15-17H2,1H3,(H2,31,32,34);1H/t21?,24?,26-,27-;/m1./s1. The number of amides is 2. The second-order valence-electron chi connectivity index (χ2n) is 9.95. The molecule has 2 aromatic rings. The molecule has 0 heterocycles. The van der Waals surface area contributed by atoms with Gasteiger partial charge in [0.05, 0.1) is 0 Å². The highest BCUT2D eigenvalue weighted by molar-refractivity contribution is 5.96. The third-order valence-corrected chi connectivity index (χ3v) is 7.34. The molecule has 2 aromatic carbocycles. The van der Waals surface area contributed by atoms with Crippen LogP contribution in [0.3, 0.4) is 0 Å². The van der Waals surface area contributed by atoms with Gasteiger partial charge in [-0.1, -0.05) is 37.1 Å². The molecule has 35 heavy (non-hydrogen) atoms. The summed E-state index contributed by atoms with van der Waals surface area (Å²) >= 11 is 0. The second kappa shape index (κ2) is 13.0. The summed E-state index contributed by atoms with van der Waals surface area (Å²) in [6.07, 6.45) is 9.98. The van der Waals surface area contributed by atoms with Crippen LogP contribution in [0, 0.1) is 11.7 Å². The van der Waals surface area contributed by atoms with Crippen LogP contribution in [0.5, 0.6) is 0 Å². The number of nitrogens with one attached hydrogen (secondary N) is 3. The highest BCUT2D eigenvalue weighted by Crippen LogP contribution is 2.29. The van der Waals surface area contributed by atoms with Gasteiger partial charge in [-0.05, 0) is 87.6 Å². The van der Waals surface area contributed by atoms with E-state index in [4.69, 9.17) is 0 Å². The van der Waals surface area contributed by atoms with Gasteiger partial charge in [-0.15, -0.1) is 12.4 Å². The highest BCUT2D eigenvalue weighted by Gasteiger charge is 2.30. The second-order valence-corrected chi connectivity index (χ2v) is 9.95. The molecule has 190 valence electrons. The first-order chi connectivity index (χ1) is 16.5. The molecule has 5 nitrogen and oxygen atoms in total. The number of Topliss-reactive ketones (excluding diaryl/α,β-unsaturated/α-hetero) is 1. The van der Waals surface area contributed by atoms with Crippen molar-refractivity contribution in [3.8, 4) is 0 Å². The zero-order chi connectivity index (χ0) is 23.9. The molecule has 2 aliphatic carbocycles. The molecule has 4 rings (SSSR count). The van der Waals surface area contributed by atoms with E-state index >= 15 is 0 Å². The summed E-state index contributed by atoms with van der Waals surface area (Å²) < 4.78 is 13.2. The molecule has 0 radical (unpaired) electrons. The van der Waals surface area contributed by atoms with Crippen molar-refractivity contribution in [2.75, 3.05) is 5.32 Å². The van der Waals surface area contributed by atoms with E-state index in [-0.39, 0.29) is 42.1 Å². The molecule has 7 heteroatoms. The first-order valence-electron chi connectivity index (χ1n) is 12.7. The minimum absolute atomic E-state index is 0. The van der Waals surface area contributed by atoms with Gasteiger partial charge in [0.1, 0.15) is 5.82 Å². The van der Waals surface area contributed by atoms with Gasteiger partial charge in [-0.25, -0.2) is 9.18 Å². The molecule has 0 unspecified atom stereocenters. The molecule has 2 saturated carbocycles. The minimum atomic E-state index is -0.220. The van der Waals surface area contributed by atoms with Gasteiger partial charge in [0.2, 0.25) is 0 Å². The predicted molar refractivity (Wildman–Crippen MR) is 141 cm³/mol. The molecule has 0 aromatic heterocycles. The summed E-state index contributed by atoms with van der Waals surface area (Å²) in [5.74, 6) is 0.457. The van der Waals surface area contributed by atoms with Crippen molar-refractivity contribution in [3.63, 3.8) is 0 Å². The molecule has 0 saturated heterocycles. The molecule has 0 aliphatic heterocycles. The lowest BCUT2D eigenvalue weighted by Gasteiger charge is -2.38. The van der Waals surface area contributed by atoms with E-state index in [9.17, 15) is 14.0 Å². The third-order valence-electron chi connectivity index (χ3n) is 7.34. The van der Waals surface area contributed by atoms with Crippen LogP contribution in [-0.2, 0) is 6.42 Å². The van der Waals surface area contributed by atoms with Gasteiger partial charge in [0, 0.05) is 29.4 Å². The molecule has 0 spiro atoms. The quantitative estimate of drug-likeness (QED) is 0.391. The Labute approximate surface area is 214 Å². The third kappa shape index (κ3) is 8.04. The van der Waals surface area contributed by atoms with Crippen LogP contribution in [0.25, 0.3) is 0 Å². The molecular formula is C28H37ClFN3O2. The molecule has 3 N–H and O–H groups in total. The summed E-state index contributed by atoms with van der Waals surface area (Å²) in [6.45, 7) is 1.52. The fourth-order valence-corrected chi connectivity index (χ4v) is 5.44. The largest absolute Gasteiger partial charge is 0.334 e. The van der Waals surface area contributed by atoms with Crippen LogP contribution in [-0.4, -0.2) is 29.9 Å². The number of anilines is 1. The lowest BCUT2D eigenvalue weighted by atomic mass is 9.81. The number of rotatable bonds is 7. The number of halogens is 2. The van der Waals surface area contributed by atoms with Gasteiger partial charge in [0.25, 0.3) is 0 Å². The molecular weight excluding hydrogens is 465 g/mol. The smallest absolute Gasteiger partial charge is 0.319 e. The van der Waals surface area contributed by atoms with E-state index in [1.807, 2.05) is 12.1 Å². The first-order valence-corrected chi connectivity index (χ1v) is 12.7. The van der Waals surface area contributed by atoms with Crippen LogP contribution in [0.2, 0.25) is 0 Å². The summed E-state index contributed by atoms with van der Waals surface area (Å²) in [5.41, 5.74) is 2.43. The average Bonchev–Trinajstić information content (AvgIpc) is 2.83. The minimum Gasteiger partial charge on any atom is -0.334 e. The van der Waals surface area contributed by atoms with Crippen molar-refractivity contribution in [3.05, 3.63) is 65.5 Å². The monoisotopic (exact) mass is 501 g/mol. The van der Waals surface area contributed by atoms with Crippen molar-refractivity contribution in [2.24, 2.45) is 5.92 Å². The SMILES string of the molecule is CC(=O)c1cccc(NC(=O)N[C@@H]2CCCC[C@H]2NC2CCC(Cc3ccc(F)cc3)CC2)c1.Cl. The zero-order valence-corrected chi connectivity index (χ0v) is 21.2. The fraction of sp³-hybridized carbons (Fsp3) is 0.500. The van der Waals surface area contributed by atoms with Crippen LogP contribution in [0.1, 0.15) is 74.2 Å². The van der Waals surface area contributed by atoms with Crippen molar-refractivity contribution in [2.45, 2.75) is 82.8 Å². The summed E-state index contributed by atoms with van der Waals surface area (Å²) in [6, 6.07) is 14.6. The van der Waals surface area contributed by atoms with Crippen LogP contribution >= 0.6 is 12.4 Å². The van der Waals surface area contributed by atoms with E-state index in [1.54, 1.807) is 36.4 Å². The number of hydrogen-bond donors (Lipinski definition) is 3. The number of urea groups is 1. The fourth-order valence-electron chi connectivity index (χ4n) is 5.44. The molecule has 2 fully saturated rings. The van der Waals surface area contributed by atoms with Crippen molar-refractivity contribution >= 4 is 29.9 Å². The van der Waals surface area contributed by atoms with E-state index in [2.05, 4.69) is 16.0 Å². The summed E-state index contributed by atoms with van der Waals surface area (Å²) in [5, 5.41) is 9.92. The van der Waals surface area contributed by atoms with Crippen LogP contribution in [0.15, 0.2) is 48.5 Å². The molecule has 0 bridgehead atoms. The average molecular weight is 502 g/mol. The van der Waals surface area contributed by atoms with Gasteiger partial charge >= 0.3 is 6.03 Å². The lowest BCUT2D eigenvalue weighted by Crippen LogP contribution is -2.55. The number of benzene rings is 2. The number of hydrogen-bond acceptors (Lipinski definition) is 3. The zero-order valence-electron chi connectivity index (χ0n) is 20.4. The molecule has 2 aliphatic rings. The van der Waals surface area contributed by atoms with Crippen molar-refractivity contribution in [1.82, 2.24) is 10.6 Å². The Balaban J connectivity index is 0.00000342. The van der Waals surface area contributed by atoms with Gasteiger partial charge < -0.3 is 16.0 Å². The topological polar surface area (TPSA) is 70.2 Å². The number of carbonyl (C=O) groups excluding carboxylic acids is 2. The Morgan fingerprint density at radius 3 is 2.29 bits per heavy atom. The predicted octanol–water partition coefficient (Wildman–Crippen LogP) is 6.27. The normalized spacial score (nSPS) is 24.2. The van der Waals surface area contributed by atoms with E-state index in [0.29, 0.717) is 23.2 Å². The Bertz CT molecular complexity index is 976. The van der Waals surface area contributed by atoms with Crippen molar-refractivity contribution < 1.29 is 14.0 Å². The Hall–Kier alpha value is -2.44. The summed E-state index contributed by atoms with van der Waals surface area (Å²) in [4.78, 5) is 24.3. The maximum absolute atomic E-state index is 13.2. The van der Waals surface area contributed by atoms with Gasteiger partial charge in [-0.3, -0.25) is 4.79 Å². The maximum atomic E-state index is 13.2. The van der Waals surface area contributed by atoms with Crippen LogP contribution < -0.4 is 16.0 Å². The van der Waals surface area contributed by atoms with Gasteiger partial charge in [0.15, 0.2) is 5.78 Å². The van der Waals surface area contributed by atoms with Gasteiger partial charge in [-0.2, -0.15) is 0 Å². The highest BCUT2D eigenvalue weighted by atomic mass is 35.5. The van der Waals surface area contributed by atoms with E-state index in [1.165, 1.54) is 31.7 Å². The maximum Gasteiger partial charge on any atom is 0.319 e. The number of carbonyl (C=O) groups is 2. The Kier molecular flexibility index (Phi) is 10.1.